The van der Waals surface area contributed by atoms with Gasteiger partial charge in [-0.3, -0.25) is 19.3 Å². The minimum Gasteiger partial charge on any atom is -0.344 e. The summed E-state index contributed by atoms with van der Waals surface area (Å²) in [6.07, 6.45) is 3.11. The van der Waals surface area contributed by atoms with Crippen molar-refractivity contribution in [3.63, 3.8) is 0 Å². The molecule has 0 spiro atoms. The number of halogens is 1. The van der Waals surface area contributed by atoms with Crippen LogP contribution in [0.15, 0.2) is 30.5 Å². The second-order valence-electron chi connectivity index (χ2n) is 8.26. The van der Waals surface area contributed by atoms with Gasteiger partial charge in [-0.2, -0.15) is 0 Å². The molecule has 31 heavy (non-hydrogen) atoms. The third-order valence-corrected chi connectivity index (χ3v) is 8.68. The van der Waals surface area contributed by atoms with Crippen molar-refractivity contribution >= 4 is 28.3 Å². The second kappa shape index (κ2) is 7.47. The maximum absolute atomic E-state index is 13.3. The van der Waals surface area contributed by atoms with Crippen LogP contribution in [0.3, 0.4) is 0 Å². The zero-order valence-corrected chi connectivity index (χ0v) is 18.4. The van der Waals surface area contributed by atoms with E-state index >= 15 is 0 Å². The zero-order chi connectivity index (χ0) is 22.6. The smallest absolute Gasteiger partial charge is 0.274 e. The van der Waals surface area contributed by atoms with E-state index in [1.54, 1.807) is 13.0 Å². The van der Waals surface area contributed by atoms with Gasteiger partial charge in [-0.1, -0.05) is 6.07 Å². The Morgan fingerprint density at radius 2 is 2.16 bits per heavy atom. The van der Waals surface area contributed by atoms with Gasteiger partial charge in [-0.25, -0.2) is 13.7 Å². The van der Waals surface area contributed by atoms with Gasteiger partial charge in [0.2, 0.25) is 5.96 Å². The predicted octanol–water partition coefficient (Wildman–Crippen LogP) is 3.84. The van der Waals surface area contributed by atoms with Gasteiger partial charge < -0.3 is 10.6 Å². The van der Waals surface area contributed by atoms with Gasteiger partial charge >= 0.3 is 0 Å². The molecule has 1 saturated heterocycles. The Balaban J connectivity index is 1.72. The fourth-order valence-corrected chi connectivity index (χ4v) is 6.53. The van der Waals surface area contributed by atoms with Crippen LogP contribution in [0.2, 0.25) is 0 Å². The molecule has 5 N–H and O–H groups in total. The van der Waals surface area contributed by atoms with Crippen molar-refractivity contribution < 1.29 is 18.3 Å². The highest BCUT2D eigenvalue weighted by Crippen LogP contribution is 2.59. The lowest BCUT2D eigenvalue weighted by Crippen LogP contribution is -2.63. The zero-order valence-electron chi connectivity index (χ0n) is 17.6. The molecule has 1 amide bonds. The lowest BCUT2D eigenvalue weighted by atomic mass is 9.85. The van der Waals surface area contributed by atoms with Gasteiger partial charge in [-0.15, -0.1) is 10.8 Å². The highest BCUT2D eigenvalue weighted by Gasteiger charge is 2.52. The van der Waals surface area contributed by atoms with Crippen LogP contribution in [-0.4, -0.2) is 42.6 Å². The van der Waals surface area contributed by atoms with E-state index in [4.69, 9.17) is 5.41 Å². The van der Waals surface area contributed by atoms with Crippen LogP contribution in [-0.2, 0) is 12.0 Å². The molecule has 1 fully saturated rings. The van der Waals surface area contributed by atoms with Crippen molar-refractivity contribution in [2.45, 2.75) is 43.9 Å². The monoisotopic (exact) mass is 447 g/mol. The number of nitrogens with zero attached hydrogens (tertiary/aromatic N) is 2. The van der Waals surface area contributed by atoms with E-state index < -0.39 is 33.3 Å². The molecule has 0 unspecified atom stereocenters. The van der Waals surface area contributed by atoms with Crippen molar-refractivity contribution in [3.05, 3.63) is 58.7 Å². The van der Waals surface area contributed by atoms with Crippen LogP contribution in [0.25, 0.3) is 0 Å². The van der Waals surface area contributed by atoms with Crippen molar-refractivity contribution in [1.82, 2.24) is 14.6 Å². The van der Waals surface area contributed by atoms with Gasteiger partial charge in [0, 0.05) is 12.7 Å². The molecule has 2 aromatic rings. The Hall–Kier alpha value is -2.69. The summed E-state index contributed by atoms with van der Waals surface area (Å²) in [7, 11) is -1.71. The molecule has 10 heteroatoms. The first kappa shape index (κ1) is 21.5. The fraction of sp³-hybridized carbons (Fsp3) is 0.381. The van der Waals surface area contributed by atoms with E-state index in [0.29, 0.717) is 17.7 Å². The van der Waals surface area contributed by atoms with Crippen molar-refractivity contribution in [1.29, 1.82) is 5.41 Å². The van der Waals surface area contributed by atoms with Crippen LogP contribution in [0.5, 0.6) is 0 Å². The minimum absolute atomic E-state index is 0.0628. The molecule has 2 heterocycles. The van der Waals surface area contributed by atoms with E-state index in [9.17, 15) is 18.3 Å². The van der Waals surface area contributed by atoms with Crippen molar-refractivity contribution in [3.8, 4) is 0 Å². The number of hydrogen-bond donors (Lipinski definition) is 5. The van der Waals surface area contributed by atoms with Crippen LogP contribution in [0.1, 0.15) is 46.9 Å². The molecule has 8 nitrogen and oxygen atoms in total. The summed E-state index contributed by atoms with van der Waals surface area (Å²) in [5.74, 6) is -1.03. The predicted molar refractivity (Wildman–Crippen MR) is 119 cm³/mol. The average molecular weight is 448 g/mol. The van der Waals surface area contributed by atoms with Gasteiger partial charge in [0.15, 0.2) is 0 Å². The molecular formula is C21H26FN5O3S. The summed E-state index contributed by atoms with van der Waals surface area (Å²) in [4.78, 5) is 16.6. The number of anilines is 1. The molecule has 2 aliphatic rings. The number of fused-ring (bicyclic) bond motifs is 3. The first-order valence-corrected chi connectivity index (χ1v) is 11.6. The molecule has 1 aromatic heterocycles. The van der Waals surface area contributed by atoms with E-state index in [0.717, 1.165) is 30.2 Å². The van der Waals surface area contributed by atoms with Gasteiger partial charge in [0.05, 0.1) is 17.0 Å². The summed E-state index contributed by atoms with van der Waals surface area (Å²) >= 11 is 0. The molecule has 0 bridgehead atoms. The van der Waals surface area contributed by atoms with Gasteiger partial charge in [0.25, 0.3) is 5.91 Å². The first-order chi connectivity index (χ1) is 14.5. The summed E-state index contributed by atoms with van der Waals surface area (Å²) in [5.41, 5.74) is 2.03. The summed E-state index contributed by atoms with van der Waals surface area (Å²) in [5, 5.41) is 13.7. The van der Waals surface area contributed by atoms with E-state index in [1.807, 2.05) is 19.1 Å². The normalized spacial score (nSPS) is 25.5. The number of carbonyl (C=O) groups is 1. The Morgan fingerprint density at radius 1 is 1.42 bits per heavy atom. The quantitative estimate of drug-likeness (QED) is 0.477. The first-order valence-electron chi connectivity index (χ1n) is 9.98. The number of carbonyl (C=O) groups excluding carboxylic acids is 1. The molecule has 4 rings (SSSR count). The molecule has 0 radical (unpaired) electrons. The number of pyridine rings is 1. The number of hydrogen-bond acceptors (Lipinski definition) is 5. The molecule has 1 aliphatic heterocycles. The molecule has 1 aliphatic carbocycles. The van der Waals surface area contributed by atoms with Crippen LogP contribution in [0, 0.1) is 18.2 Å². The summed E-state index contributed by atoms with van der Waals surface area (Å²) in [6, 6.07) is 6.77. The fourth-order valence-electron chi connectivity index (χ4n) is 4.54. The lowest BCUT2D eigenvalue weighted by Gasteiger charge is -2.58. The van der Waals surface area contributed by atoms with Crippen LogP contribution >= 0.6 is 10.8 Å². The number of benzene rings is 1. The average Bonchev–Trinajstić information content (AvgIpc) is 2.83. The Bertz CT molecular complexity index is 1080. The standard InChI is InChI=1S/C21H26FN5O3S/c1-12-9-14(22)11-24-18(12)19(28)25-15-8-7-13-5-4-6-17-21(2,16(13)10-15)26-20(23)27(3)31(17,29)30/h7-11,17,29-30H,4-6H2,1-3H3,(H2,23,26)(H,25,28)/t17-,21+/m0/s1. The SMILES string of the molecule is Cc1cc(F)cnc1C(=O)Nc1ccc2c(c1)[C@@]1(C)NC(=N)N(C)S(O)(O)[C@H]1CCC2. The lowest BCUT2D eigenvalue weighted by molar-refractivity contribution is 0.102. The molecule has 2 atom stereocenters. The number of amides is 1. The largest absolute Gasteiger partial charge is 0.344 e. The van der Waals surface area contributed by atoms with Gasteiger partial charge in [-0.05, 0) is 68.0 Å². The molecular weight excluding hydrogens is 421 g/mol. The Morgan fingerprint density at radius 3 is 2.87 bits per heavy atom. The molecule has 0 saturated carbocycles. The minimum atomic E-state index is -3.21. The highest BCUT2D eigenvalue weighted by molar-refractivity contribution is 8.23. The van der Waals surface area contributed by atoms with E-state index in [-0.39, 0.29) is 11.7 Å². The number of rotatable bonds is 2. The van der Waals surface area contributed by atoms with Crippen LogP contribution < -0.4 is 10.6 Å². The van der Waals surface area contributed by atoms with E-state index in [2.05, 4.69) is 15.6 Å². The number of aryl methyl sites for hydroxylation is 2. The van der Waals surface area contributed by atoms with Crippen molar-refractivity contribution in [2.24, 2.45) is 0 Å². The van der Waals surface area contributed by atoms with Crippen molar-refractivity contribution in [2.75, 3.05) is 12.4 Å². The van der Waals surface area contributed by atoms with Gasteiger partial charge in [0.1, 0.15) is 11.5 Å². The Kier molecular flexibility index (Phi) is 5.19. The molecule has 166 valence electrons. The summed E-state index contributed by atoms with van der Waals surface area (Å²) < 4.78 is 36.4. The third kappa shape index (κ3) is 3.54. The third-order valence-electron chi connectivity index (χ3n) is 6.22. The number of guanidine groups is 1. The van der Waals surface area contributed by atoms with E-state index in [1.165, 1.54) is 17.4 Å². The highest BCUT2D eigenvalue weighted by atomic mass is 32.3. The topological polar surface area (TPSA) is 122 Å². The summed E-state index contributed by atoms with van der Waals surface area (Å²) in [6.45, 7) is 3.49. The number of nitrogens with one attached hydrogen (secondary N) is 3. The van der Waals surface area contributed by atoms with Crippen LogP contribution in [0.4, 0.5) is 10.1 Å². The molecule has 1 aromatic carbocycles. The maximum atomic E-state index is 13.3. The maximum Gasteiger partial charge on any atom is 0.274 e. The second-order valence-corrected chi connectivity index (χ2v) is 10.5. The number of aromatic nitrogens is 1. The Labute approximate surface area is 181 Å².